The molecule has 0 saturated heterocycles. The number of pyridine rings is 1. The topological polar surface area (TPSA) is 56.0 Å². The smallest absolute Gasteiger partial charge is 0.229 e. The minimum Gasteiger partial charge on any atom is -0.436 e. The zero-order chi connectivity index (χ0) is 14.3. The van der Waals surface area contributed by atoms with Crippen LogP contribution < -0.4 is 0 Å². The number of carbonyl (C=O) groups excluding carboxylic acids is 1. The summed E-state index contributed by atoms with van der Waals surface area (Å²) in [5.41, 5.74) is 3.62. The highest BCUT2D eigenvalue weighted by Crippen LogP contribution is 2.27. The summed E-state index contributed by atoms with van der Waals surface area (Å²) in [5.74, 6) is 0.469. The molecule has 0 atom stereocenters. The predicted molar refractivity (Wildman–Crippen MR) is 77.0 cm³/mol. The number of fused-ring (bicyclic) bond motifs is 1. The van der Waals surface area contributed by atoms with E-state index in [1.807, 2.05) is 6.92 Å². The van der Waals surface area contributed by atoms with E-state index in [1.54, 1.807) is 30.5 Å². The van der Waals surface area contributed by atoms with Crippen molar-refractivity contribution in [2.75, 3.05) is 0 Å². The van der Waals surface area contributed by atoms with E-state index in [0.717, 1.165) is 11.1 Å². The van der Waals surface area contributed by atoms with E-state index in [1.165, 1.54) is 6.92 Å². The number of hydrogen-bond acceptors (Lipinski definition) is 4. The van der Waals surface area contributed by atoms with Gasteiger partial charge in [0.2, 0.25) is 5.89 Å². The number of benzene rings is 1. The van der Waals surface area contributed by atoms with Gasteiger partial charge in [0.1, 0.15) is 10.7 Å². The Morgan fingerprint density at radius 2 is 2.10 bits per heavy atom. The normalized spacial score (nSPS) is 10.9. The molecular weight excluding hydrogens is 276 g/mol. The lowest BCUT2D eigenvalue weighted by Crippen LogP contribution is -1.89. The fourth-order valence-electron chi connectivity index (χ4n) is 2.00. The van der Waals surface area contributed by atoms with Gasteiger partial charge >= 0.3 is 0 Å². The van der Waals surface area contributed by atoms with Crippen molar-refractivity contribution in [1.82, 2.24) is 9.97 Å². The lowest BCUT2D eigenvalue weighted by atomic mass is 10.1. The minimum atomic E-state index is -0.00538. The molecule has 3 aromatic rings. The van der Waals surface area contributed by atoms with Gasteiger partial charge in [0.15, 0.2) is 11.4 Å². The summed E-state index contributed by atoms with van der Waals surface area (Å²) in [7, 11) is 0. The van der Waals surface area contributed by atoms with Crippen LogP contribution in [0.25, 0.3) is 22.6 Å². The van der Waals surface area contributed by atoms with Crippen LogP contribution in [0.2, 0.25) is 5.15 Å². The highest BCUT2D eigenvalue weighted by atomic mass is 35.5. The van der Waals surface area contributed by atoms with Crippen LogP contribution in [-0.4, -0.2) is 15.8 Å². The van der Waals surface area contributed by atoms with Crippen LogP contribution in [0.15, 0.2) is 34.9 Å². The van der Waals surface area contributed by atoms with Crippen LogP contribution in [0.4, 0.5) is 0 Å². The maximum atomic E-state index is 11.4. The summed E-state index contributed by atoms with van der Waals surface area (Å²) in [4.78, 5) is 19.8. The monoisotopic (exact) mass is 286 g/mol. The second-order valence-electron chi connectivity index (χ2n) is 4.58. The number of halogens is 1. The molecule has 0 amide bonds. The molecule has 0 unspecified atom stereocenters. The Morgan fingerprint density at radius 1 is 1.30 bits per heavy atom. The number of aryl methyl sites for hydroxylation is 1. The van der Waals surface area contributed by atoms with E-state index in [-0.39, 0.29) is 5.78 Å². The van der Waals surface area contributed by atoms with Crippen molar-refractivity contribution < 1.29 is 9.21 Å². The van der Waals surface area contributed by atoms with Crippen molar-refractivity contribution in [3.05, 3.63) is 46.7 Å². The van der Waals surface area contributed by atoms with E-state index in [9.17, 15) is 4.79 Å². The van der Waals surface area contributed by atoms with Crippen LogP contribution in [0.5, 0.6) is 0 Å². The fourth-order valence-corrected chi connectivity index (χ4v) is 2.22. The van der Waals surface area contributed by atoms with Crippen LogP contribution in [0.1, 0.15) is 22.8 Å². The summed E-state index contributed by atoms with van der Waals surface area (Å²) < 4.78 is 5.72. The van der Waals surface area contributed by atoms with E-state index in [4.69, 9.17) is 16.0 Å². The number of rotatable bonds is 2. The highest BCUT2D eigenvalue weighted by molar-refractivity contribution is 6.29. The van der Waals surface area contributed by atoms with Crippen molar-refractivity contribution in [1.29, 1.82) is 0 Å². The Kier molecular flexibility index (Phi) is 3.03. The Labute approximate surface area is 120 Å². The molecule has 5 heteroatoms. The first-order valence-corrected chi connectivity index (χ1v) is 6.46. The van der Waals surface area contributed by atoms with Crippen LogP contribution >= 0.6 is 11.6 Å². The lowest BCUT2D eigenvalue weighted by molar-refractivity contribution is 0.101. The summed E-state index contributed by atoms with van der Waals surface area (Å²) in [6.45, 7) is 3.43. The van der Waals surface area contributed by atoms with Crippen molar-refractivity contribution >= 4 is 28.5 Å². The Balaban J connectivity index is 2.15. The summed E-state index contributed by atoms with van der Waals surface area (Å²) in [6, 6.07) is 6.97. The molecule has 0 spiro atoms. The van der Waals surface area contributed by atoms with E-state index in [0.29, 0.717) is 27.7 Å². The van der Waals surface area contributed by atoms with Gasteiger partial charge in [0.25, 0.3) is 0 Å². The third kappa shape index (κ3) is 2.18. The number of aromatic nitrogens is 2. The second kappa shape index (κ2) is 4.72. The average molecular weight is 287 g/mol. The molecule has 0 radical (unpaired) electrons. The zero-order valence-electron chi connectivity index (χ0n) is 11.0. The van der Waals surface area contributed by atoms with Crippen LogP contribution in [0, 0.1) is 6.92 Å². The molecule has 0 N–H and O–H groups in total. The molecule has 0 saturated carbocycles. The molecule has 4 nitrogen and oxygen atoms in total. The summed E-state index contributed by atoms with van der Waals surface area (Å²) >= 11 is 5.84. The van der Waals surface area contributed by atoms with Gasteiger partial charge in [0, 0.05) is 11.8 Å². The lowest BCUT2D eigenvalue weighted by Gasteiger charge is -2.00. The van der Waals surface area contributed by atoms with Gasteiger partial charge in [-0.25, -0.2) is 9.97 Å². The molecule has 2 aromatic heterocycles. The van der Waals surface area contributed by atoms with Gasteiger partial charge in [0.05, 0.1) is 5.56 Å². The van der Waals surface area contributed by atoms with E-state index in [2.05, 4.69) is 9.97 Å². The first-order chi connectivity index (χ1) is 9.54. The number of carbonyl (C=O) groups is 1. The number of Topliss-reactive ketones (excluding diaryl/α,β-unsaturated/α-hetero) is 1. The maximum absolute atomic E-state index is 11.4. The molecular formula is C15H11ClN2O2. The van der Waals surface area contributed by atoms with Crippen LogP contribution in [0.3, 0.4) is 0 Å². The summed E-state index contributed by atoms with van der Waals surface area (Å²) in [5, 5.41) is 0.432. The minimum absolute atomic E-state index is 0.00538. The molecule has 0 fully saturated rings. The molecule has 100 valence electrons. The molecule has 2 heterocycles. The van der Waals surface area contributed by atoms with Crippen molar-refractivity contribution in [3.8, 4) is 11.5 Å². The average Bonchev–Trinajstić information content (AvgIpc) is 2.80. The third-order valence-electron chi connectivity index (χ3n) is 3.10. The first-order valence-electron chi connectivity index (χ1n) is 6.08. The molecule has 1 aromatic carbocycles. The van der Waals surface area contributed by atoms with Gasteiger partial charge in [-0.3, -0.25) is 4.79 Å². The van der Waals surface area contributed by atoms with Gasteiger partial charge in [-0.15, -0.1) is 0 Å². The van der Waals surface area contributed by atoms with Crippen molar-refractivity contribution in [3.63, 3.8) is 0 Å². The number of hydrogen-bond donors (Lipinski definition) is 0. The number of ketones is 1. The molecule has 0 aliphatic heterocycles. The maximum Gasteiger partial charge on any atom is 0.229 e. The SMILES string of the molecule is CC(=O)c1ccc2nc(-c3cnc(Cl)cc3C)oc2c1. The first kappa shape index (κ1) is 12.8. The summed E-state index contributed by atoms with van der Waals surface area (Å²) in [6.07, 6.45) is 1.63. The standard InChI is InChI=1S/C15H11ClN2O2/c1-8-5-14(16)17-7-11(8)15-18-12-4-3-10(9(2)19)6-13(12)20-15/h3-7H,1-2H3. The van der Waals surface area contributed by atoms with Gasteiger partial charge in [-0.2, -0.15) is 0 Å². The van der Waals surface area contributed by atoms with Gasteiger partial charge in [-0.05, 0) is 43.7 Å². The molecule has 20 heavy (non-hydrogen) atoms. The zero-order valence-corrected chi connectivity index (χ0v) is 11.7. The second-order valence-corrected chi connectivity index (χ2v) is 4.97. The molecule has 0 aliphatic rings. The Bertz CT molecular complexity index is 824. The predicted octanol–water partition coefficient (Wildman–Crippen LogP) is 4.05. The third-order valence-corrected chi connectivity index (χ3v) is 3.31. The largest absolute Gasteiger partial charge is 0.436 e. The van der Waals surface area contributed by atoms with Gasteiger partial charge < -0.3 is 4.42 Å². The molecule has 0 bridgehead atoms. The number of oxazole rings is 1. The van der Waals surface area contributed by atoms with Crippen molar-refractivity contribution in [2.24, 2.45) is 0 Å². The molecule has 0 aliphatic carbocycles. The van der Waals surface area contributed by atoms with E-state index < -0.39 is 0 Å². The number of nitrogens with zero attached hydrogens (tertiary/aromatic N) is 2. The van der Waals surface area contributed by atoms with Crippen LogP contribution in [-0.2, 0) is 0 Å². The van der Waals surface area contributed by atoms with Crippen molar-refractivity contribution in [2.45, 2.75) is 13.8 Å². The quantitative estimate of drug-likeness (QED) is 0.527. The van der Waals surface area contributed by atoms with Gasteiger partial charge in [-0.1, -0.05) is 11.6 Å². The Hall–Kier alpha value is -2.20. The fraction of sp³-hybridized carbons (Fsp3) is 0.133. The molecule has 3 rings (SSSR count). The van der Waals surface area contributed by atoms with E-state index >= 15 is 0 Å². The highest BCUT2D eigenvalue weighted by Gasteiger charge is 2.12. The Morgan fingerprint density at radius 3 is 2.80 bits per heavy atom.